The van der Waals surface area contributed by atoms with Crippen LogP contribution in [0.25, 0.3) is 18.2 Å². The maximum atomic E-state index is 12.3. The summed E-state index contributed by atoms with van der Waals surface area (Å²) in [6, 6.07) is 0. The van der Waals surface area contributed by atoms with Gasteiger partial charge in [0.1, 0.15) is 0 Å². The quantitative estimate of drug-likeness (QED) is 0.270. The maximum Gasteiger partial charge on any atom is 0.303 e. The summed E-state index contributed by atoms with van der Waals surface area (Å²) in [4.78, 5) is 58.7. The third-order valence-corrected chi connectivity index (χ3v) is 8.32. The van der Waals surface area contributed by atoms with Gasteiger partial charge in [0.05, 0.1) is 5.71 Å². The number of amides is 2. The van der Waals surface area contributed by atoms with Crippen LogP contribution in [0.5, 0.6) is 0 Å². The average molecular weight is 587 g/mol. The van der Waals surface area contributed by atoms with Crippen LogP contribution in [0.3, 0.4) is 0 Å². The van der Waals surface area contributed by atoms with E-state index in [2.05, 4.69) is 20.3 Å². The van der Waals surface area contributed by atoms with E-state index in [1.165, 1.54) is 0 Å². The average Bonchev–Trinajstić information content (AvgIpc) is 3.59. The van der Waals surface area contributed by atoms with Crippen molar-refractivity contribution in [2.45, 2.75) is 80.1 Å². The fourth-order valence-corrected chi connectivity index (χ4v) is 5.78. The summed E-state index contributed by atoms with van der Waals surface area (Å²) in [5, 5.41) is 23.2. The van der Waals surface area contributed by atoms with Crippen molar-refractivity contribution in [1.29, 1.82) is 0 Å². The second-order valence-corrected chi connectivity index (χ2v) is 10.9. The number of aromatic amines is 2. The van der Waals surface area contributed by atoms with E-state index >= 15 is 0 Å². The van der Waals surface area contributed by atoms with Gasteiger partial charge in [-0.05, 0) is 105 Å². The van der Waals surface area contributed by atoms with E-state index < -0.39 is 11.9 Å². The zero-order valence-electron chi connectivity index (χ0n) is 25.4. The zero-order chi connectivity index (χ0) is 31.6. The molecule has 0 aliphatic carbocycles. The number of carbonyl (C=O) groups excluding carboxylic acids is 2. The summed E-state index contributed by atoms with van der Waals surface area (Å²) in [6.07, 6.45) is 7.33. The molecule has 0 saturated carbocycles. The molecular formula is C33H38N4O6. The van der Waals surface area contributed by atoms with Gasteiger partial charge in [0, 0.05) is 51.8 Å². The first-order chi connectivity index (χ1) is 20.4. The SMILES string of the molecule is CCC1=C(C)C(=O)NC1=Cc1[nH]c(C=c2[nH]c(=CC3=NC(=O)C(C)=C3CC)c(C)c2CCC(=O)O)c(CCC(=O)O)c1C. The number of aliphatic imine (C=N–C) groups is 1. The Morgan fingerprint density at radius 1 is 0.744 bits per heavy atom. The Kier molecular flexibility index (Phi) is 9.18. The van der Waals surface area contributed by atoms with Gasteiger partial charge in [0.25, 0.3) is 11.8 Å². The second kappa shape index (κ2) is 12.6. The number of carboxylic acids is 2. The molecule has 0 saturated heterocycles. The van der Waals surface area contributed by atoms with Crippen LogP contribution < -0.4 is 16.0 Å². The van der Waals surface area contributed by atoms with Gasteiger partial charge in [-0.2, -0.15) is 0 Å². The maximum absolute atomic E-state index is 12.3. The molecule has 226 valence electrons. The van der Waals surface area contributed by atoms with Crippen molar-refractivity contribution in [3.05, 3.63) is 72.3 Å². The van der Waals surface area contributed by atoms with E-state index in [4.69, 9.17) is 0 Å². The van der Waals surface area contributed by atoms with Crippen LogP contribution in [0.2, 0.25) is 0 Å². The molecule has 0 bridgehead atoms. The third kappa shape index (κ3) is 6.38. The third-order valence-electron chi connectivity index (χ3n) is 8.32. The van der Waals surface area contributed by atoms with Gasteiger partial charge in [-0.15, -0.1) is 0 Å². The number of rotatable bonds is 11. The molecule has 2 aliphatic rings. The van der Waals surface area contributed by atoms with E-state index in [9.17, 15) is 29.4 Å². The highest BCUT2D eigenvalue weighted by atomic mass is 16.4. The first-order valence-corrected chi connectivity index (χ1v) is 14.5. The number of nitrogens with zero attached hydrogens (tertiary/aromatic N) is 1. The Morgan fingerprint density at radius 2 is 1.37 bits per heavy atom. The molecule has 2 aromatic rings. The largest absolute Gasteiger partial charge is 0.481 e. The van der Waals surface area contributed by atoms with Crippen molar-refractivity contribution >= 4 is 47.7 Å². The second-order valence-electron chi connectivity index (χ2n) is 10.9. The highest BCUT2D eigenvalue weighted by molar-refractivity contribution is 6.30. The summed E-state index contributed by atoms with van der Waals surface area (Å²) >= 11 is 0. The molecule has 0 aromatic carbocycles. The molecule has 10 heteroatoms. The summed E-state index contributed by atoms with van der Waals surface area (Å²) in [7, 11) is 0. The molecule has 0 fully saturated rings. The van der Waals surface area contributed by atoms with Gasteiger partial charge in [-0.25, -0.2) is 4.99 Å². The minimum atomic E-state index is -0.921. The molecule has 4 rings (SSSR count). The molecule has 10 nitrogen and oxygen atoms in total. The molecule has 0 atom stereocenters. The Hall–Kier alpha value is -4.73. The molecule has 4 heterocycles. The molecule has 0 radical (unpaired) electrons. The number of carboxylic acid groups (broad SMARTS) is 2. The highest BCUT2D eigenvalue weighted by Crippen LogP contribution is 2.28. The molecular weight excluding hydrogens is 548 g/mol. The van der Waals surface area contributed by atoms with Crippen molar-refractivity contribution < 1.29 is 29.4 Å². The monoisotopic (exact) mass is 586 g/mol. The van der Waals surface area contributed by atoms with Crippen molar-refractivity contribution in [3.63, 3.8) is 0 Å². The Morgan fingerprint density at radius 3 is 1.98 bits per heavy atom. The van der Waals surface area contributed by atoms with Crippen LogP contribution in [0.4, 0.5) is 0 Å². The van der Waals surface area contributed by atoms with Crippen molar-refractivity contribution in [3.8, 4) is 0 Å². The van der Waals surface area contributed by atoms with E-state index in [1.807, 2.05) is 45.9 Å². The molecule has 0 spiro atoms. The lowest BCUT2D eigenvalue weighted by Crippen LogP contribution is -2.15. The van der Waals surface area contributed by atoms with Gasteiger partial charge < -0.3 is 25.5 Å². The normalized spacial score (nSPS) is 17.2. The van der Waals surface area contributed by atoms with Crippen molar-refractivity contribution in [2.75, 3.05) is 0 Å². The van der Waals surface area contributed by atoms with Crippen LogP contribution in [-0.2, 0) is 32.0 Å². The number of nitrogens with one attached hydrogen (secondary N) is 3. The van der Waals surface area contributed by atoms with Crippen LogP contribution in [-0.4, -0.2) is 49.6 Å². The molecule has 2 amide bonds. The van der Waals surface area contributed by atoms with Gasteiger partial charge in [-0.3, -0.25) is 19.2 Å². The highest BCUT2D eigenvalue weighted by Gasteiger charge is 2.24. The number of H-pyrrole nitrogens is 2. The number of hydrogen-bond donors (Lipinski definition) is 5. The zero-order valence-corrected chi connectivity index (χ0v) is 25.4. The Balaban J connectivity index is 1.91. The van der Waals surface area contributed by atoms with Crippen LogP contribution >= 0.6 is 0 Å². The summed E-state index contributed by atoms with van der Waals surface area (Å²) in [6.45, 7) is 11.3. The predicted molar refractivity (Wildman–Crippen MR) is 165 cm³/mol. The molecule has 0 unspecified atom stereocenters. The lowest BCUT2D eigenvalue weighted by molar-refractivity contribution is -0.138. The van der Waals surface area contributed by atoms with Gasteiger partial charge >= 0.3 is 11.9 Å². The smallest absolute Gasteiger partial charge is 0.303 e. The number of aromatic nitrogens is 2. The lowest BCUT2D eigenvalue weighted by Gasteiger charge is -2.04. The summed E-state index contributed by atoms with van der Waals surface area (Å²) in [5.41, 5.74) is 9.18. The Labute approximate surface area is 249 Å². The van der Waals surface area contributed by atoms with Crippen LogP contribution in [0.15, 0.2) is 33.0 Å². The number of aliphatic carboxylic acids is 2. The van der Waals surface area contributed by atoms with E-state index in [-0.39, 0.29) is 37.5 Å². The van der Waals surface area contributed by atoms with E-state index in [1.54, 1.807) is 13.8 Å². The van der Waals surface area contributed by atoms with Gasteiger partial charge in [-0.1, -0.05) is 13.8 Å². The minimum Gasteiger partial charge on any atom is -0.481 e. The summed E-state index contributed by atoms with van der Waals surface area (Å²) in [5.74, 6) is -2.23. The Bertz CT molecular complexity index is 1790. The minimum absolute atomic E-state index is 0.0700. The van der Waals surface area contributed by atoms with Crippen LogP contribution in [0, 0.1) is 13.8 Å². The van der Waals surface area contributed by atoms with E-state index in [0.717, 1.165) is 44.4 Å². The summed E-state index contributed by atoms with van der Waals surface area (Å²) < 4.78 is 0. The molecule has 43 heavy (non-hydrogen) atoms. The fourth-order valence-electron chi connectivity index (χ4n) is 5.78. The van der Waals surface area contributed by atoms with Gasteiger partial charge in [0.2, 0.25) is 0 Å². The lowest BCUT2D eigenvalue weighted by atomic mass is 10.0. The first kappa shape index (κ1) is 31.2. The fraction of sp³-hybridized carbons (Fsp3) is 0.364. The molecule has 2 aliphatic heterocycles. The number of carbonyl (C=O) groups is 4. The standard InChI is InChI=1S/C33H38N4O6/c1-7-20-18(5)32(42)36-26(20)13-24-16(3)22(9-11-30(38)39)28(34-24)15-29-23(10-12-31(40)41)17(4)25(35-29)14-27-21(8-2)19(6)33(43)37-27/h13-15,34-35H,7-12H2,1-6H3,(H,36,42)(H,38,39)(H,40,41). The topological polar surface area (TPSA) is 165 Å². The molecule has 2 aromatic heterocycles. The van der Waals surface area contributed by atoms with Crippen molar-refractivity contribution in [1.82, 2.24) is 15.3 Å². The number of allylic oxidation sites excluding steroid dienone is 2. The van der Waals surface area contributed by atoms with Crippen LogP contribution in [0.1, 0.15) is 87.0 Å². The predicted octanol–water partition coefficient (Wildman–Crippen LogP) is 3.51. The van der Waals surface area contributed by atoms with Gasteiger partial charge in [0.15, 0.2) is 0 Å². The van der Waals surface area contributed by atoms with Crippen molar-refractivity contribution in [2.24, 2.45) is 4.99 Å². The first-order valence-electron chi connectivity index (χ1n) is 14.5. The molecule has 5 N–H and O–H groups in total. The van der Waals surface area contributed by atoms with E-state index in [0.29, 0.717) is 46.4 Å². The number of hydrogen-bond acceptors (Lipinski definition) is 4.